The highest BCUT2D eigenvalue weighted by atomic mass is 16.4. The van der Waals surface area contributed by atoms with E-state index in [9.17, 15) is 9.90 Å². The zero-order valence-electron chi connectivity index (χ0n) is 12.5. The van der Waals surface area contributed by atoms with E-state index >= 15 is 0 Å². The topological polar surface area (TPSA) is 37.3 Å². The van der Waals surface area contributed by atoms with Gasteiger partial charge in [-0.25, -0.2) is 0 Å². The fraction of sp³-hybridized carbons (Fsp3) is 0.824. The number of carbonyl (C=O) groups is 1. The highest BCUT2D eigenvalue weighted by Crippen LogP contribution is 2.44. The molecule has 0 heterocycles. The molecule has 0 bridgehead atoms. The summed E-state index contributed by atoms with van der Waals surface area (Å²) in [5.41, 5.74) is -0.404. The van der Waals surface area contributed by atoms with E-state index in [2.05, 4.69) is 13.5 Å². The summed E-state index contributed by atoms with van der Waals surface area (Å²) in [4.78, 5) is 11.6. The van der Waals surface area contributed by atoms with Crippen molar-refractivity contribution >= 4 is 5.97 Å². The van der Waals surface area contributed by atoms with Crippen molar-refractivity contribution in [1.82, 2.24) is 0 Å². The van der Waals surface area contributed by atoms with E-state index in [-0.39, 0.29) is 0 Å². The lowest BCUT2D eigenvalue weighted by Crippen LogP contribution is -2.35. The molecule has 0 spiro atoms. The fourth-order valence-electron chi connectivity index (χ4n) is 3.43. The molecular formula is C17H30O2. The first kappa shape index (κ1) is 16.3. The molecule has 1 rings (SSSR count). The third-order valence-electron chi connectivity index (χ3n) is 4.78. The van der Waals surface area contributed by atoms with E-state index < -0.39 is 11.4 Å². The Bertz CT molecular complexity index is 275. The average molecular weight is 266 g/mol. The van der Waals surface area contributed by atoms with Gasteiger partial charge >= 0.3 is 5.97 Å². The molecule has 0 aromatic carbocycles. The smallest absolute Gasteiger partial charge is 0.309 e. The molecule has 2 heteroatoms. The molecule has 0 aromatic rings. The monoisotopic (exact) mass is 266 g/mol. The molecule has 0 radical (unpaired) electrons. The minimum absolute atomic E-state index is 0.404. The summed E-state index contributed by atoms with van der Waals surface area (Å²) in [5.74, 6) is 0.226. The average Bonchev–Trinajstić information content (AvgIpc) is 2.40. The van der Waals surface area contributed by atoms with E-state index in [1.807, 2.05) is 6.08 Å². The van der Waals surface area contributed by atoms with Gasteiger partial charge < -0.3 is 5.11 Å². The fourth-order valence-corrected chi connectivity index (χ4v) is 3.43. The van der Waals surface area contributed by atoms with Crippen LogP contribution in [0.5, 0.6) is 0 Å². The molecule has 19 heavy (non-hydrogen) atoms. The van der Waals surface area contributed by atoms with Crippen LogP contribution in [0.25, 0.3) is 0 Å². The van der Waals surface area contributed by atoms with Crippen LogP contribution in [-0.2, 0) is 4.79 Å². The van der Waals surface area contributed by atoms with Crippen molar-refractivity contribution in [2.75, 3.05) is 0 Å². The van der Waals surface area contributed by atoms with Crippen LogP contribution in [0.4, 0.5) is 0 Å². The summed E-state index contributed by atoms with van der Waals surface area (Å²) >= 11 is 0. The van der Waals surface area contributed by atoms with Crippen molar-refractivity contribution in [1.29, 1.82) is 0 Å². The van der Waals surface area contributed by atoms with E-state index in [1.54, 1.807) is 0 Å². The van der Waals surface area contributed by atoms with Gasteiger partial charge in [0.25, 0.3) is 0 Å². The third kappa shape index (κ3) is 5.00. The van der Waals surface area contributed by atoms with Gasteiger partial charge in [0.1, 0.15) is 0 Å². The van der Waals surface area contributed by atoms with Crippen LogP contribution in [0.2, 0.25) is 0 Å². The number of hydrogen-bond acceptors (Lipinski definition) is 1. The molecule has 0 aliphatic heterocycles. The van der Waals surface area contributed by atoms with Gasteiger partial charge in [-0.3, -0.25) is 4.79 Å². The minimum Gasteiger partial charge on any atom is -0.481 e. The van der Waals surface area contributed by atoms with Gasteiger partial charge in [-0.1, -0.05) is 38.7 Å². The van der Waals surface area contributed by atoms with Crippen LogP contribution >= 0.6 is 0 Å². The molecular weight excluding hydrogens is 236 g/mol. The van der Waals surface area contributed by atoms with Crippen molar-refractivity contribution in [3.05, 3.63) is 12.7 Å². The van der Waals surface area contributed by atoms with Gasteiger partial charge in [0, 0.05) is 0 Å². The van der Waals surface area contributed by atoms with E-state index in [0.29, 0.717) is 0 Å². The lowest BCUT2D eigenvalue weighted by molar-refractivity contribution is -0.152. The second-order valence-electron chi connectivity index (χ2n) is 6.21. The first-order valence-corrected chi connectivity index (χ1v) is 7.99. The summed E-state index contributed by atoms with van der Waals surface area (Å²) < 4.78 is 0. The van der Waals surface area contributed by atoms with Crippen LogP contribution in [-0.4, -0.2) is 11.1 Å². The summed E-state index contributed by atoms with van der Waals surface area (Å²) in [6, 6.07) is 0. The van der Waals surface area contributed by atoms with Gasteiger partial charge in [-0.2, -0.15) is 0 Å². The maximum Gasteiger partial charge on any atom is 0.309 e. The van der Waals surface area contributed by atoms with Crippen molar-refractivity contribution in [2.45, 2.75) is 77.6 Å². The molecule has 1 aliphatic rings. The number of unbranched alkanes of at least 4 members (excludes halogenated alkanes) is 3. The molecule has 2 nitrogen and oxygen atoms in total. The first-order valence-electron chi connectivity index (χ1n) is 7.99. The largest absolute Gasteiger partial charge is 0.481 e. The summed E-state index contributed by atoms with van der Waals surface area (Å²) in [6.07, 6.45) is 13.7. The maximum atomic E-state index is 11.6. The molecule has 0 unspecified atom stereocenters. The number of carboxylic acids is 1. The van der Waals surface area contributed by atoms with Crippen LogP contribution in [0, 0.1) is 11.3 Å². The molecule has 1 aliphatic carbocycles. The van der Waals surface area contributed by atoms with Gasteiger partial charge in [0.15, 0.2) is 0 Å². The Hall–Kier alpha value is -0.790. The molecule has 0 amide bonds. The Balaban J connectivity index is 2.39. The summed E-state index contributed by atoms with van der Waals surface area (Å²) in [6.45, 7) is 5.94. The van der Waals surface area contributed by atoms with Crippen LogP contribution in [0.1, 0.15) is 77.6 Å². The van der Waals surface area contributed by atoms with Crippen molar-refractivity contribution in [2.24, 2.45) is 11.3 Å². The molecule has 1 fully saturated rings. The van der Waals surface area contributed by atoms with Gasteiger partial charge in [0.05, 0.1) is 5.41 Å². The second kappa shape index (κ2) is 8.39. The Kier molecular flexibility index (Phi) is 7.19. The molecule has 110 valence electrons. The van der Waals surface area contributed by atoms with Crippen molar-refractivity contribution < 1.29 is 9.90 Å². The highest BCUT2D eigenvalue weighted by Gasteiger charge is 2.40. The quantitative estimate of drug-likeness (QED) is 0.461. The Morgan fingerprint density at radius 1 is 1.32 bits per heavy atom. The van der Waals surface area contributed by atoms with Crippen LogP contribution in [0.3, 0.4) is 0 Å². The minimum atomic E-state index is -0.550. The predicted molar refractivity (Wildman–Crippen MR) is 80.2 cm³/mol. The van der Waals surface area contributed by atoms with Gasteiger partial charge in [0.2, 0.25) is 0 Å². The second-order valence-corrected chi connectivity index (χ2v) is 6.21. The SMILES string of the molecule is C=CCCCCCC1(C(=O)O)CCC(CCC)CC1. The predicted octanol–water partition coefficient (Wildman–Crippen LogP) is 5.18. The summed E-state index contributed by atoms with van der Waals surface area (Å²) in [7, 11) is 0. The molecule has 1 saturated carbocycles. The third-order valence-corrected chi connectivity index (χ3v) is 4.78. The van der Waals surface area contributed by atoms with Crippen LogP contribution in [0.15, 0.2) is 12.7 Å². The van der Waals surface area contributed by atoms with Gasteiger partial charge in [-0.05, 0) is 50.9 Å². The number of allylic oxidation sites excluding steroid dienone is 1. The lowest BCUT2D eigenvalue weighted by Gasteiger charge is -2.37. The first-order chi connectivity index (χ1) is 9.14. The van der Waals surface area contributed by atoms with Gasteiger partial charge in [-0.15, -0.1) is 6.58 Å². The normalized spacial score (nSPS) is 27.1. The number of carboxylic acid groups (broad SMARTS) is 1. The number of rotatable bonds is 9. The number of hydrogen-bond donors (Lipinski definition) is 1. The van der Waals surface area contributed by atoms with E-state index in [4.69, 9.17) is 0 Å². The van der Waals surface area contributed by atoms with Crippen LogP contribution < -0.4 is 0 Å². The highest BCUT2D eigenvalue weighted by molar-refractivity contribution is 5.74. The maximum absolute atomic E-state index is 11.6. The number of aliphatic carboxylic acids is 1. The van der Waals surface area contributed by atoms with E-state index in [0.717, 1.165) is 63.7 Å². The Morgan fingerprint density at radius 3 is 2.53 bits per heavy atom. The van der Waals surface area contributed by atoms with Crippen molar-refractivity contribution in [3.63, 3.8) is 0 Å². The Morgan fingerprint density at radius 2 is 2.00 bits per heavy atom. The summed E-state index contributed by atoms with van der Waals surface area (Å²) in [5, 5.41) is 9.59. The van der Waals surface area contributed by atoms with Crippen molar-refractivity contribution in [3.8, 4) is 0 Å². The molecule has 0 atom stereocenters. The lowest BCUT2D eigenvalue weighted by atomic mass is 9.67. The molecule has 1 N–H and O–H groups in total. The standard InChI is InChI=1S/C17H30O2/c1-3-5-6-7-8-12-17(16(18)19)13-10-15(9-4-2)11-14-17/h3,15H,1,4-14H2,2H3,(H,18,19). The zero-order chi connectivity index (χ0) is 14.1. The zero-order valence-corrected chi connectivity index (χ0v) is 12.5. The Labute approximate surface area is 118 Å². The van der Waals surface area contributed by atoms with E-state index in [1.165, 1.54) is 12.8 Å². The molecule has 0 saturated heterocycles. The molecule has 0 aromatic heterocycles.